The summed E-state index contributed by atoms with van der Waals surface area (Å²) in [6, 6.07) is 0.197. The van der Waals surface area contributed by atoms with Crippen LogP contribution in [0, 0.1) is 34.5 Å². The average Bonchev–Trinajstić information content (AvgIpc) is 2.55. The number of carbonyl (C=O) groups is 2. The third-order valence-electron chi connectivity index (χ3n) is 7.41. The molecule has 0 radical (unpaired) electrons. The lowest BCUT2D eigenvalue weighted by Gasteiger charge is -2.56. The molecular formula is C24H44N2O3. The molecule has 168 valence electrons. The minimum Gasteiger partial charge on any atom is -0.392 e. The van der Waals surface area contributed by atoms with Crippen LogP contribution in [0.15, 0.2) is 0 Å². The molecule has 0 heterocycles. The van der Waals surface area contributed by atoms with Crippen LogP contribution in [0.5, 0.6) is 0 Å². The summed E-state index contributed by atoms with van der Waals surface area (Å²) in [5.41, 5.74) is 0.0417. The molecule has 2 amide bonds. The van der Waals surface area contributed by atoms with Crippen LogP contribution in [0.25, 0.3) is 0 Å². The predicted molar refractivity (Wildman–Crippen MR) is 117 cm³/mol. The monoisotopic (exact) mass is 408 g/mol. The van der Waals surface area contributed by atoms with E-state index in [0.717, 1.165) is 25.7 Å². The number of fused-ring (bicyclic) bond motifs is 1. The molecule has 0 aromatic rings. The zero-order chi connectivity index (χ0) is 22.1. The van der Waals surface area contributed by atoms with Gasteiger partial charge in [-0.3, -0.25) is 9.59 Å². The van der Waals surface area contributed by atoms with E-state index in [-0.39, 0.29) is 58.4 Å². The highest BCUT2D eigenvalue weighted by Gasteiger charge is 2.53. The Kier molecular flexibility index (Phi) is 7.46. The third-order valence-corrected chi connectivity index (χ3v) is 7.41. The van der Waals surface area contributed by atoms with Crippen LogP contribution in [-0.4, -0.2) is 35.1 Å². The highest BCUT2D eigenvalue weighted by Crippen LogP contribution is 2.55. The smallest absolute Gasteiger partial charge is 0.223 e. The van der Waals surface area contributed by atoms with E-state index < -0.39 is 6.10 Å². The number of aliphatic hydroxyl groups excluding tert-OH is 1. The zero-order valence-corrected chi connectivity index (χ0v) is 19.8. The Morgan fingerprint density at radius 2 is 1.72 bits per heavy atom. The quantitative estimate of drug-likeness (QED) is 0.646. The van der Waals surface area contributed by atoms with Gasteiger partial charge in [0.1, 0.15) is 0 Å². The van der Waals surface area contributed by atoms with Crippen LogP contribution in [0.2, 0.25) is 0 Å². The summed E-state index contributed by atoms with van der Waals surface area (Å²) in [6.45, 7) is 16.6. The van der Waals surface area contributed by atoms with Gasteiger partial charge < -0.3 is 15.7 Å². The highest BCUT2D eigenvalue weighted by molar-refractivity contribution is 5.79. The molecule has 2 fully saturated rings. The molecule has 2 saturated carbocycles. The molecule has 5 heteroatoms. The van der Waals surface area contributed by atoms with Gasteiger partial charge in [-0.15, -0.1) is 0 Å². The summed E-state index contributed by atoms with van der Waals surface area (Å²) >= 11 is 0. The van der Waals surface area contributed by atoms with E-state index in [4.69, 9.17) is 0 Å². The third kappa shape index (κ3) is 5.74. The molecule has 2 aliphatic carbocycles. The molecule has 2 rings (SSSR count). The minimum atomic E-state index is -0.515. The Hall–Kier alpha value is -1.10. The molecule has 0 bridgehead atoms. The van der Waals surface area contributed by atoms with Gasteiger partial charge in [0.15, 0.2) is 0 Å². The minimum absolute atomic E-state index is 0.0294. The molecule has 0 aromatic heterocycles. The van der Waals surface area contributed by atoms with E-state index in [1.54, 1.807) is 0 Å². The Morgan fingerprint density at radius 1 is 1.14 bits per heavy atom. The lowest BCUT2D eigenvalue weighted by atomic mass is 9.51. The number of rotatable bonds is 5. The number of hydrogen-bond acceptors (Lipinski definition) is 3. The van der Waals surface area contributed by atoms with Crippen molar-refractivity contribution in [3.05, 3.63) is 0 Å². The predicted octanol–water partition coefficient (Wildman–Crippen LogP) is 3.89. The molecule has 7 atom stereocenters. The summed E-state index contributed by atoms with van der Waals surface area (Å²) in [5, 5.41) is 17.7. The topological polar surface area (TPSA) is 78.4 Å². The Balaban J connectivity index is 2.13. The van der Waals surface area contributed by atoms with E-state index in [1.807, 2.05) is 20.8 Å². The number of carbonyl (C=O) groups excluding carboxylic acids is 2. The van der Waals surface area contributed by atoms with Crippen LogP contribution in [0.4, 0.5) is 0 Å². The van der Waals surface area contributed by atoms with Crippen LogP contribution in [0.3, 0.4) is 0 Å². The first kappa shape index (κ1) is 24.2. The second-order valence-corrected chi connectivity index (χ2v) is 11.6. The second kappa shape index (κ2) is 8.95. The highest BCUT2D eigenvalue weighted by atomic mass is 16.3. The molecule has 29 heavy (non-hydrogen) atoms. The van der Waals surface area contributed by atoms with Crippen LogP contribution < -0.4 is 10.6 Å². The van der Waals surface area contributed by atoms with Gasteiger partial charge in [-0.1, -0.05) is 41.5 Å². The van der Waals surface area contributed by atoms with Crippen molar-refractivity contribution < 1.29 is 14.7 Å². The van der Waals surface area contributed by atoms with Crippen molar-refractivity contribution in [1.29, 1.82) is 0 Å². The van der Waals surface area contributed by atoms with Crippen molar-refractivity contribution in [1.82, 2.24) is 10.6 Å². The number of aliphatic hydroxyl groups is 1. The van der Waals surface area contributed by atoms with Crippen molar-refractivity contribution in [2.45, 2.75) is 106 Å². The van der Waals surface area contributed by atoms with E-state index in [2.05, 4.69) is 45.3 Å². The molecule has 5 nitrogen and oxygen atoms in total. The second-order valence-electron chi connectivity index (χ2n) is 11.6. The van der Waals surface area contributed by atoms with Gasteiger partial charge in [0, 0.05) is 24.4 Å². The Morgan fingerprint density at radius 3 is 2.28 bits per heavy atom. The Labute approximate surface area is 177 Å². The van der Waals surface area contributed by atoms with Crippen molar-refractivity contribution in [2.24, 2.45) is 34.5 Å². The molecule has 0 aliphatic heterocycles. The van der Waals surface area contributed by atoms with Crippen molar-refractivity contribution in [3.63, 3.8) is 0 Å². The van der Waals surface area contributed by atoms with Crippen molar-refractivity contribution in [2.75, 3.05) is 0 Å². The number of hydrogen-bond donors (Lipinski definition) is 3. The van der Waals surface area contributed by atoms with Gasteiger partial charge in [-0.2, -0.15) is 0 Å². The van der Waals surface area contributed by atoms with Gasteiger partial charge in [0.25, 0.3) is 0 Å². The fourth-order valence-corrected chi connectivity index (χ4v) is 5.85. The average molecular weight is 409 g/mol. The van der Waals surface area contributed by atoms with Gasteiger partial charge in [0.2, 0.25) is 11.8 Å². The van der Waals surface area contributed by atoms with Crippen molar-refractivity contribution in [3.8, 4) is 0 Å². The molecular weight excluding hydrogens is 364 g/mol. The van der Waals surface area contributed by atoms with E-state index >= 15 is 0 Å². The number of amides is 2. The maximum Gasteiger partial charge on any atom is 0.223 e. The summed E-state index contributed by atoms with van der Waals surface area (Å²) in [7, 11) is 0. The first-order valence-electron chi connectivity index (χ1n) is 11.5. The maximum absolute atomic E-state index is 12.6. The van der Waals surface area contributed by atoms with Crippen molar-refractivity contribution >= 4 is 11.8 Å². The van der Waals surface area contributed by atoms with Crippen LogP contribution >= 0.6 is 0 Å². The SMILES string of the molecule is CC(C)NC(=O)[C@@H](C)[C@H]1CC[C@@]2(C)CC[C@H](NC(=O)CC(C)(C)C)[C@@H](C)[C@@H]2[C@H]1O. The zero-order valence-electron chi connectivity index (χ0n) is 19.8. The van der Waals surface area contributed by atoms with E-state index in [0.29, 0.717) is 6.42 Å². The lowest BCUT2D eigenvalue weighted by molar-refractivity contribution is -0.144. The van der Waals surface area contributed by atoms with E-state index in [1.165, 1.54) is 0 Å². The van der Waals surface area contributed by atoms with Gasteiger partial charge in [0.05, 0.1) is 6.10 Å². The first-order chi connectivity index (χ1) is 13.2. The summed E-state index contributed by atoms with van der Waals surface area (Å²) in [5.74, 6) is 0.189. The maximum atomic E-state index is 12.6. The van der Waals surface area contributed by atoms with E-state index in [9.17, 15) is 14.7 Å². The Bertz CT molecular complexity index is 597. The lowest BCUT2D eigenvalue weighted by Crippen LogP contribution is -2.58. The molecule has 0 saturated heterocycles. The molecule has 2 aliphatic rings. The normalized spacial score (nSPS) is 36.3. The van der Waals surface area contributed by atoms with Crippen LogP contribution in [-0.2, 0) is 9.59 Å². The van der Waals surface area contributed by atoms with Crippen LogP contribution in [0.1, 0.15) is 87.5 Å². The molecule has 0 spiro atoms. The molecule has 0 aromatic carbocycles. The summed E-state index contributed by atoms with van der Waals surface area (Å²) in [4.78, 5) is 25.1. The summed E-state index contributed by atoms with van der Waals surface area (Å²) in [6.07, 6.45) is 3.89. The fourth-order valence-electron chi connectivity index (χ4n) is 5.85. The molecule has 0 unspecified atom stereocenters. The largest absolute Gasteiger partial charge is 0.392 e. The van der Waals surface area contributed by atoms with Gasteiger partial charge >= 0.3 is 0 Å². The molecule has 3 N–H and O–H groups in total. The van der Waals surface area contributed by atoms with Gasteiger partial charge in [-0.05, 0) is 68.1 Å². The first-order valence-corrected chi connectivity index (χ1v) is 11.5. The standard InChI is InChI=1S/C24H44N2O3/c1-14(2)25-22(29)15(3)17-9-11-24(8)12-10-18(16(4)20(24)21(17)28)26-19(27)13-23(5,6)7/h14-18,20-21,28H,9-13H2,1-8H3,(H,25,29)(H,26,27)/t15-,16+,17+,18-,20+,21-,24-/m0/s1. The summed E-state index contributed by atoms with van der Waals surface area (Å²) < 4.78 is 0. The van der Waals surface area contributed by atoms with Gasteiger partial charge in [-0.25, -0.2) is 0 Å². The fraction of sp³-hybridized carbons (Fsp3) is 0.917. The number of nitrogens with one attached hydrogen (secondary N) is 2.